The zero-order valence-corrected chi connectivity index (χ0v) is 12.0. The first kappa shape index (κ1) is 14.8. The molecule has 1 N–H and O–H groups in total. The Bertz CT molecular complexity index is 507. The second-order valence-corrected chi connectivity index (χ2v) is 5.23. The Morgan fingerprint density at radius 3 is 3.00 bits per heavy atom. The number of ketones is 1. The number of likely N-dealkylation sites (tertiary alicyclic amines) is 1. The number of carbonyl (C=O) groups excluding carboxylic acids is 2. The van der Waals surface area contributed by atoms with E-state index in [4.69, 9.17) is 11.6 Å². The van der Waals surface area contributed by atoms with Crippen LogP contribution in [0.1, 0.15) is 16.8 Å². The van der Waals surface area contributed by atoms with E-state index >= 15 is 0 Å². The second-order valence-electron chi connectivity index (χ2n) is 4.79. The Hall–Kier alpha value is -1.59. The smallest absolute Gasteiger partial charge is 0.407 e. The van der Waals surface area contributed by atoms with E-state index in [0.717, 1.165) is 13.0 Å². The van der Waals surface area contributed by atoms with Gasteiger partial charge in [0, 0.05) is 29.7 Å². The van der Waals surface area contributed by atoms with Crippen LogP contribution in [0.25, 0.3) is 0 Å². The minimum absolute atomic E-state index is 0.0335. The zero-order chi connectivity index (χ0) is 14.5. The van der Waals surface area contributed by atoms with E-state index in [0.29, 0.717) is 23.7 Å². The molecule has 20 heavy (non-hydrogen) atoms. The molecule has 6 heteroatoms. The fourth-order valence-electron chi connectivity index (χ4n) is 2.28. The van der Waals surface area contributed by atoms with E-state index in [1.165, 1.54) is 7.11 Å². The second kappa shape index (κ2) is 6.72. The molecule has 108 valence electrons. The van der Waals surface area contributed by atoms with Crippen molar-refractivity contribution >= 4 is 23.5 Å². The Morgan fingerprint density at radius 2 is 2.30 bits per heavy atom. The summed E-state index contributed by atoms with van der Waals surface area (Å²) in [6, 6.07) is 6.97. The van der Waals surface area contributed by atoms with Gasteiger partial charge in [-0.1, -0.05) is 23.7 Å². The number of halogens is 1. The van der Waals surface area contributed by atoms with Crippen LogP contribution in [0, 0.1) is 0 Å². The quantitative estimate of drug-likeness (QED) is 0.863. The highest BCUT2D eigenvalue weighted by Crippen LogP contribution is 2.14. The maximum atomic E-state index is 12.1. The number of ether oxygens (including phenoxy) is 1. The molecule has 1 aliphatic heterocycles. The molecule has 1 unspecified atom stereocenters. The van der Waals surface area contributed by atoms with Gasteiger partial charge in [0.15, 0.2) is 5.78 Å². The predicted octanol–water partition coefficient (Wildman–Crippen LogP) is 1.95. The number of amides is 1. The molecule has 5 nitrogen and oxygen atoms in total. The summed E-state index contributed by atoms with van der Waals surface area (Å²) < 4.78 is 4.56. The Morgan fingerprint density at radius 1 is 1.50 bits per heavy atom. The Labute approximate surface area is 122 Å². The molecule has 1 heterocycles. The van der Waals surface area contributed by atoms with Crippen molar-refractivity contribution in [3.05, 3.63) is 34.9 Å². The first-order valence-electron chi connectivity index (χ1n) is 6.44. The van der Waals surface area contributed by atoms with Crippen molar-refractivity contribution in [1.82, 2.24) is 10.2 Å². The van der Waals surface area contributed by atoms with E-state index in [2.05, 4.69) is 10.1 Å². The number of alkyl carbamates (subject to hydrolysis) is 1. The zero-order valence-electron chi connectivity index (χ0n) is 11.3. The lowest BCUT2D eigenvalue weighted by Gasteiger charge is -2.15. The van der Waals surface area contributed by atoms with Crippen molar-refractivity contribution < 1.29 is 14.3 Å². The third-order valence-corrected chi connectivity index (χ3v) is 3.53. The topological polar surface area (TPSA) is 58.6 Å². The summed E-state index contributed by atoms with van der Waals surface area (Å²) in [5.74, 6) is 0.0335. The van der Waals surface area contributed by atoms with Gasteiger partial charge in [-0.05, 0) is 18.6 Å². The molecule has 1 amide bonds. The molecule has 0 aliphatic carbocycles. The van der Waals surface area contributed by atoms with E-state index in [9.17, 15) is 9.59 Å². The van der Waals surface area contributed by atoms with Crippen molar-refractivity contribution in [3.63, 3.8) is 0 Å². The molecule has 0 saturated carbocycles. The predicted molar refractivity (Wildman–Crippen MR) is 76.2 cm³/mol. The monoisotopic (exact) mass is 296 g/mol. The number of benzene rings is 1. The number of nitrogens with one attached hydrogen (secondary N) is 1. The van der Waals surface area contributed by atoms with Gasteiger partial charge in [-0.3, -0.25) is 9.69 Å². The third-order valence-electron chi connectivity index (χ3n) is 3.29. The molecule has 1 aliphatic rings. The van der Waals surface area contributed by atoms with Crippen LogP contribution in [-0.2, 0) is 4.74 Å². The van der Waals surface area contributed by atoms with Crippen molar-refractivity contribution in [3.8, 4) is 0 Å². The van der Waals surface area contributed by atoms with E-state index in [1.54, 1.807) is 24.3 Å². The summed E-state index contributed by atoms with van der Waals surface area (Å²) >= 11 is 5.87. The number of Topliss-reactive ketones (excluding diaryl/α,β-unsaturated/α-hetero) is 1. The van der Waals surface area contributed by atoms with Gasteiger partial charge in [0.25, 0.3) is 0 Å². The van der Waals surface area contributed by atoms with Gasteiger partial charge < -0.3 is 10.1 Å². The van der Waals surface area contributed by atoms with Crippen LogP contribution in [0.4, 0.5) is 4.79 Å². The summed E-state index contributed by atoms with van der Waals surface area (Å²) in [6.07, 6.45) is 0.385. The van der Waals surface area contributed by atoms with Crippen molar-refractivity contribution in [2.45, 2.75) is 12.5 Å². The van der Waals surface area contributed by atoms with Crippen LogP contribution in [0.2, 0.25) is 5.02 Å². The highest BCUT2D eigenvalue weighted by Gasteiger charge is 2.25. The van der Waals surface area contributed by atoms with Gasteiger partial charge >= 0.3 is 6.09 Å². The highest BCUT2D eigenvalue weighted by molar-refractivity contribution is 6.31. The number of carbonyl (C=O) groups is 2. The van der Waals surface area contributed by atoms with Crippen LogP contribution in [-0.4, -0.2) is 49.6 Å². The first-order chi connectivity index (χ1) is 9.58. The largest absolute Gasteiger partial charge is 0.453 e. The molecule has 1 saturated heterocycles. The summed E-state index contributed by atoms with van der Waals surface area (Å²) in [6.45, 7) is 1.77. The Kier molecular flexibility index (Phi) is 4.98. The number of methoxy groups -OCH3 is 1. The van der Waals surface area contributed by atoms with Gasteiger partial charge in [0.1, 0.15) is 0 Å². The molecule has 0 spiro atoms. The number of hydrogen-bond acceptors (Lipinski definition) is 4. The average Bonchev–Trinajstić information content (AvgIpc) is 2.85. The first-order valence-corrected chi connectivity index (χ1v) is 6.82. The van der Waals surface area contributed by atoms with Crippen LogP contribution < -0.4 is 5.32 Å². The molecule has 0 aromatic heterocycles. The van der Waals surface area contributed by atoms with Crippen molar-refractivity contribution in [2.75, 3.05) is 26.7 Å². The van der Waals surface area contributed by atoms with Crippen molar-refractivity contribution in [2.24, 2.45) is 0 Å². The molecule has 1 aromatic carbocycles. The van der Waals surface area contributed by atoms with Crippen LogP contribution >= 0.6 is 11.6 Å². The third kappa shape index (κ3) is 3.95. The lowest BCUT2D eigenvalue weighted by Crippen LogP contribution is -2.37. The standard InChI is InChI=1S/C14H17ClN2O3/c1-20-14(19)16-12-5-6-17(8-12)9-13(18)10-3-2-4-11(15)7-10/h2-4,7,12H,5-6,8-9H2,1H3,(H,16,19). The lowest BCUT2D eigenvalue weighted by atomic mass is 10.1. The number of rotatable bonds is 4. The number of nitrogens with zero attached hydrogens (tertiary/aromatic N) is 1. The minimum Gasteiger partial charge on any atom is -0.453 e. The lowest BCUT2D eigenvalue weighted by molar-refractivity contribution is 0.0944. The molecular formula is C14H17ClN2O3. The van der Waals surface area contributed by atoms with Crippen molar-refractivity contribution in [1.29, 1.82) is 0 Å². The summed E-state index contributed by atoms with van der Waals surface area (Å²) in [7, 11) is 1.34. The fourth-order valence-corrected chi connectivity index (χ4v) is 2.47. The average molecular weight is 297 g/mol. The number of hydrogen-bond donors (Lipinski definition) is 1. The van der Waals surface area contributed by atoms with Gasteiger partial charge in [-0.15, -0.1) is 0 Å². The molecule has 0 radical (unpaired) electrons. The van der Waals surface area contributed by atoms with Crippen LogP contribution in [0.3, 0.4) is 0 Å². The van der Waals surface area contributed by atoms with Crippen LogP contribution in [0.5, 0.6) is 0 Å². The van der Waals surface area contributed by atoms with Gasteiger partial charge in [0.2, 0.25) is 0 Å². The summed E-state index contributed by atoms with van der Waals surface area (Å²) in [5.41, 5.74) is 0.613. The Balaban J connectivity index is 1.86. The molecule has 0 bridgehead atoms. The van der Waals surface area contributed by atoms with Gasteiger partial charge in [-0.25, -0.2) is 4.79 Å². The van der Waals surface area contributed by atoms with Gasteiger partial charge in [0.05, 0.1) is 13.7 Å². The molecule has 1 atom stereocenters. The summed E-state index contributed by atoms with van der Waals surface area (Å²) in [4.78, 5) is 25.3. The molecule has 1 aromatic rings. The SMILES string of the molecule is COC(=O)NC1CCN(CC(=O)c2cccc(Cl)c2)C1. The molecule has 2 rings (SSSR count). The fraction of sp³-hybridized carbons (Fsp3) is 0.429. The molecule has 1 fully saturated rings. The maximum absolute atomic E-state index is 12.1. The maximum Gasteiger partial charge on any atom is 0.407 e. The van der Waals surface area contributed by atoms with E-state index in [1.807, 2.05) is 4.90 Å². The van der Waals surface area contributed by atoms with E-state index in [-0.39, 0.29) is 11.8 Å². The minimum atomic E-state index is -0.432. The van der Waals surface area contributed by atoms with E-state index < -0.39 is 6.09 Å². The van der Waals surface area contributed by atoms with Crippen LogP contribution in [0.15, 0.2) is 24.3 Å². The normalized spacial score (nSPS) is 18.8. The molecular weight excluding hydrogens is 280 g/mol. The van der Waals surface area contributed by atoms with Gasteiger partial charge in [-0.2, -0.15) is 0 Å². The summed E-state index contributed by atoms with van der Waals surface area (Å²) in [5, 5.41) is 3.30. The highest BCUT2D eigenvalue weighted by atomic mass is 35.5.